The first-order valence-electron chi connectivity index (χ1n) is 11.1. The Morgan fingerprint density at radius 2 is 1.78 bits per heavy atom. The molecule has 2 fully saturated rings. The molecule has 168 valence electrons. The van der Waals surface area contributed by atoms with Crippen molar-refractivity contribution in [1.82, 2.24) is 15.1 Å². The quantitative estimate of drug-likeness (QED) is 0.484. The van der Waals surface area contributed by atoms with E-state index < -0.39 is 0 Å². The van der Waals surface area contributed by atoms with Gasteiger partial charge < -0.3 is 4.90 Å². The van der Waals surface area contributed by atoms with Crippen molar-refractivity contribution < 1.29 is 9.59 Å². The summed E-state index contributed by atoms with van der Waals surface area (Å²) in [6.45, 7) is 5.73. The number of anilines is 1. The number of fused-ring (bicyclic) bond motifs is 1. The molecule has 3 aliphatic rings. The molecule has 2 saturated heterocycles. The van der Waals surface area contributed by atoms with Crippen LogP contribution in [0.1, 0.15) is 34.9 Å². The van der Waals surface area contributed by atoms with Crippen LogP contribution in [0, 0.1) is 0 Å². The fraction of sp³-hybridized carbons (Fsp3) is 0.417. The summed E-state index contributed by atoms with van der Waals surface area (Å²) in [6, 6.07) is 14.9. The van der Waals surface area contributed by atoms with Gasteiger partial charge in [-0.3, -0.25) is 24.7 Å². The summed E-state index contributed by atoms with van der Waals surface area (Å²) >= 11 is 8.30. The number of piperazine rings is 1. The van der Waals surface area contributed by atoms with Crippen LogP contribution in [-0.2, 0) is 22.7 Å². The molecule has 0 bridgehead atoms. The lowest BCUT2D eigenvalue weighted by molar-refractivity contribution is -0.137. The first-order chi connectivity index (χ1) is 15.5. The number of hydrogen-bond donors (Lipinski definition) is 2. The number of nitrogens with one attached hydrogen (secondary N) is 1. The van der Waals surface area contributed by atoms with Gasteiger partial charge in [0.15, 0.2) is 0 Å². The molecule has 3 aliphatic heterocycles. The second kappa shape index (κ2) is 9.17. The number of halogens is 1. The van der Waals surface area contributed by atoms with Crippen LogP contribution in [0.2, 0.25) is 0 Å². The van der Waals surface area contributed by atoms with E-state index in [0.717, 1.165) is 37.2 Å². The minimum absolute atomic E-state index is 0.113. The number of thiol groups is 1. The monoisotopic (exact) mass is 514 g/mol. The molecule has 0 radical (unpaired) electrons. The molecule has 2 amide bonds. The van der Waals surface area contributed by atoms with E-state index in [9.17, 15) is 9.59 Å². The smallest absolute Gasteiger partial charge is 0.243 e. The van der Waals surface area contributed by atoms with Crippen LogP contribution in [0.25, 0.3) is 0 Å². The van der Waals surface area contributed by atoms with Crippen LogP contribution in [0.4, 0.5) is 5.69 Å². The number of carbonyl (C=O) groups excluding carboxylic acids is 2. The lowest BCUT2D eigenvalue weighted by Crippen LogP contribution is -2.51. The normalized spacial score (nSPS) is 24.5. The lowest BCUT2D eigenvalue weighted by Gasteiger charge is -2.36. The summed E-state index contributed by atoms with van der Waals surface area (Å²) < 4.78 is 1.11. The van der Waals surface area contributed by atoms with E-state index in [2.05, 4.69) is 78.4 Å². The van der Waals surface area contributed by atoms with Crippen molar-refractivity contribution >= 4 is 46.1 Å². The molecule has 5 rings (SSSR count). The molecule has 0 spiro atoms. The predicted octanol–water partition coefficient (Wildman–Crippen LogP) is 3.32. The van der Waals surface area contributed by atoms with E-state index in [0.29, 0.717) is 19.4 Å². The zero-order valence-electron chi connectivity index (χ0n) is 17.8. The number of rotatable bonds is 4. The first-order valence-corrected chi connectivity index (χ1v) is 12.4. The highest BCUT2D eigenvalue weighted by Gasteiger charge is 2.39. The van der Waals surface area contributed by atoms with Gasteiger partial charge in [0.05, 0.1) is 11.4 Å². The van der Waals surface area contributed by atoms with Crippen molar-refractivity contribution in [3.05, 3.63) is 63.6 Å². The zero-order chi connectivity index (χ0) is 22.2. The van der Waals surface area contributed by atoms with Gasteiger partial charge in [0.2, 0.25) is 11.8 Å². The van der Waals surface area contributed by atoms with Gasteiger partial charge in [-0.05, 0) is 47.4 Å². The number of amides is 2. The maximum absolute atomic E-state index is 12.3. The Labute approximate surface area is 202 Å². The maximum atomic E-state index is 12.3. The van der Waals surface area contributed by atoms with Gasteiger partial charge in [0, 0.05) is 55.8 Å². The summed E-state index contributed by atoms with van der Waals surface area (Å²) in [5.41, 5.74) is 4.98. The third-order valence-corrected chi connectivity index (χ3v) is 7.84. The fourth-order valence-electron chi connectivity index (χ4n) is 4.96. The Morgan fingerprint density at radius 1 is 1.03 bits per heavy atom. The average Bonchev–Trinajstić information content (AvgIpc) is 3.10. The Bertz CT molecular complexity index is 1020. The minimum atomic E-state index is -0.294. The van der Waals surface area contributed by atoms with Gasteiger partial charge in [-0.1, -0.05) is 34.1 Å². The summed E-state index contributed by atoms with van der Waals surface area (Å²) in [4.78, 5) is 30.9. The molecule has 32 heavy (non-hydrogen) atoms. The van der Waals surface area contributed by atoms with E-state index in [1.807, 2.05) is 0 Å². The van der Waals surface area contributed by atoms with Crippen molar-refractivity contribution in [3.8, 4) is 0 Å². The van der Waals surface area contributed by atoms with Crippen molar-refractivity contribution in [2.75, 3.05) is 31.1 Å². The summed E-state index contributed by atoms with van der Waals surface area (Å²) in [7, 11) is 0. The van der Waals surface area contributed by atoms with E-state index in [1.165, 1.54) is 22.4 Å². The average molecular weight is 515 g/mol. The van der Waals surface area contributed by atoms with Crippen LogP contribution in [0.15, 0.2) is 46.9 Å². The highest BCUT2D eigenvalue weighted by atomic mass is 79.9. The molecular weight excluding hydrogens is 488 g/mol. The molecule has 2 aromatic rings. The molecule has 1 N–H and O–H groups in total. The largest absolute Gasteiger partial charge is 0.369 e. The SMILES string of the molecule is O=C1CCC(N2Cc3cc(CN4CCN(c5ccc(Br)cc5)CC4)ccc3C2S)C(=O)N1. The molecule has 0 saturated carbocycles. The molecule has 2 unspecified atom stereocenters. The standard InChI is InChI=1S/C24H27BrN4O2S/c25-18-2-4-19(5-3-18)28-11-9-27(10-12-28)14-16-1-6-20-17(13-16)15-29(24(20)32)21-7-8-22(30)26-23(21)31/h1-6,13,21,24,32H,7-12,14-15H2,(H,26,30,31). The van der Waals surface area contributed by atoms with E-state index >= 15 is 0 Å². The van der Waals surface area contributed by atoms with Gasteiger partial charge in [-0.15, -0.1) is 0 Å². The van der Waals surface area contributed by atoms with Crippen molar-refractivity contribution in [2.45, 2.75) is 37.3 Å². The van der Waals surface area contributed by atoms with Crippen LogP contribution in [0.5, 0.6) is 0 Å². The maximum Gasteiger partial charge on any atom is 0.243 e. The molecule has 3 heterocycles. The number of hydrogen-bond acceptors (Lipinski definition) is 6. The number of imide groups is 1. The third-order valence-electron chi connectivity index (χ3n) is 6.73. The summed E-state index contributed by atoms with van der Waals surface area (Å²) in [6.07, 6.45) is 0.951. The molecule has 6 nitrogen and oxygen atoms in total. The minimum Gasteiger partial charge on any atom is -0.369 e. The number of carbonyl (C=O) groups is 2. The number of nitrogens with zero attached hydrogens (tertiary/aromatic N) is 3. The van der Waals surface area contributed by atoms with Crippen LogP contribution in [-0.4, -0.2) is 53.8 Å². The summed E-state index contributed by atoms with van der Waals surface area (Å²) in [5.74, 6) is -0.377. The third kappa shape index (κ3) is 4.46. The molecule has 0 aliphatic carbocycles. The van der Waals surface area contributed by atoms with E-state index in [1.54, 1.807) is 0 Å². The van der Waals surface area contributed by atoms with E-state index in [4.69, 9.17) is 12.6 Å². The number of benzene rings is 2. The Kier molecular flexibility index (Phi) is 6.29. The molecular formula is C24H27BrN4O2S. The Hall–Kier alpha value is -1.87. The number of piperidine rings is 1. The second-order valence-electron chi connectivity index (χ2n) is 8.79. The van der Waals surface area contributed by atoms with Gasteiger partial charge in [-0.2, -0.15) is 12.6 Å². The molecule has 2 aromatic carbocycles. The van der Waals surface area contributed by atoms with Crippen molar-refractivity contribution in [1.29, 1.82) is 0 Å². The predicted molar refractivity (Wildman–Crippen MR) is 132 cm³/mol. The topological polar surface area (TPSA) is 55.9 Å². The van der Waals surface area contributed by atoms with Crippen LogP contribution in [0.3, 0.4) is 0 Å². The van der Waals surface area contributed by atoms with Gasteiger partial charge >= 0.3 is 0 Å². The van der Waals surface area contributed by atoms with Crippen molar-refractivity contribution in [3.63, 3.8) is 0 Å². The second-order valence-corrected chi connectivity index (χ2v) is 10.2. The highest BCUT2D eigenvalue weighted by Crippen LogP contribution is 2.39. The van der Waals surface area contributed by atoms with E-state index in [-0.39, 0.29) is 23.2 Å². The summed E-state index contributed by atoms with van der Waals surface area (Å²) in [5, 5.41) is 2.36. The molecule has 2 atom stereocenters. The first kappa shape index (κ1) is 21.9. The fourth-order valence-corrected chi connectivity index (χ4v) is 5.72. The highest BCUT2D eigenvalue weighted by molar-refractivity contribution is 9.10. The van der Waals surface area contributed by atoms with Gasteiger partial charge in [0.25, 0.3) is 0 Å². The Balaban J connectivity index is 1.20. The van der Waals surface area contributed by atoms with Gasteiger partial charge in [0.1, 0.15) is 0 Å². The van der Waals surface area contributed by atoms with Gasteiger partial charge in [-0.25, -0.2) is 0 Å². The zero-order valence-corrected chi connectivity index (χ0v) is 20.3. The van der Waals surface area contributed by atoms with Crippen LogP contribution < -0.4 is 10.2 Å². The molecule has 0 aromatic heterocycles. The lowest BCUT2D eigenvalue weighted by atomic mass is 10.0. The van der Waals surface area contributed by atoms with Crippen LogP contribution >= 0.6 is 28.6 Å². The van der Waals surface area contributed by atoms with Crippen molar-refractivity contribution in [2.24, 2.45) is 0 Å². The molecule has 8 heteroatoms. The Morgan fingerprint density at radius 3 is 2.50 bits per heavy atom.